The number of likely N-dealkylation sites (N-methyl/N-ethyl adjacent to an activating group) is 1. The second-order valence-electron chi connectivity index (χ2n) is 4.37. The van der Waals surface area contributed by atoms with Crippen LogP contribution in [0.15, 0.2) is 23.0 Å². The van der Waals surface area contributed by atoms with E-state index in [1.807, 2.05) is 25.1 Å². The second kappa shape index (κ2) is 4.24. The average molecular weight is 276 g/mol. The zero-order chi connectivity index (χ0) is 13.6. The quantitative estimate of drug-likeness (QED) is 0.863. The molecule has 0 radical (unpaired) electrons. The number of thiazole rings is 1. The Hall–Kier alpha value is -2.08. The van der Waals surface area contributed by atoms with Gasteiger partial charge in [0.2, 0.25) is 0 Å². The number of carbonyl (C=O) groups excluding carboxylic acids is 1. The van der Waals surface area contributed by atoms with Crippen LogP contribution in [-0.2, 0) is 4.79 Å². The molecule has 0 fully saturated rings. The second-order valence-corrected chi connectivity index (χ2v) is 5.56. The lowest BCUT2D eigenvalue weighted by atomic mass is 10.1. The van der Waals surface area contributed by atoms with Crippen LogP contribution in [0.1, 0.15) is 4.88 Å². The van der Waals surface area contributed by atoms with Crippen LogP contribution < -0.4 is 14.5 Å². The van der Waals surface area contributed by atoms with Crippen molar-refractivity contribution in [3.63, 3.8) is 0 Å². The summed E-state index contributed by atoms with van der Waals surface area (Å²) in [5.74, 6) is 0.598. The number of anilines is 1. The minimum absolute atomic E-state index is 0.0666. The zero-order valence-electron chi connectivity index (χ0n) is 10.5. The highest BCUT2D eigenvalue weighted by atomic mass is 32.1. The van der Waals surface area contributed by atoms with E-state index in [1.54, 1.807) is 11.9 Å². The summed E-state index contributed by atoms with van der Waals surface area (Å²) >= 11 is 1.18. The van der Waals surface area contributed by atoms with E-state index in [9.17, 15) is 9.59 Å². The van der Waals surface area contributed by atoms with Gasteiger partial charge in [0.15, 0.2) is 6.61 Å². The molecule has 3 rings (SSSR count). The topological polar surface area (TPSA) is 62.4 Å². The van der Waals surface area contributed by atoms with Gasteiger partial charge in [-0.1, -0.05) is 11.3 Å². The molecule has 0 atom stereocenters. The van der Waals surface area contributed by atoms with Crippen molar-refractivity contribution in [3.8, 4) is 17.0 Å². The Morgan fingerprint density at radius 1 is 1.37 bits per heavy atom. The Kier molecular flexibility index (Phi) is 2.67. The standard InChI is InChI=1S/C13H12N2O3S/c1-7-12(14-13(17)19-7)8-3-4-10-9(5-8)15(2)11(16)6-18-10/h3-5H,6H2,1-2H3,(H,14,17). The Bertz CT molecular complexity index is 717. The number of fused-ring (bicyclic) bond motifs is 1. The molecule has 1 amide bonds. The fourth-order valence-electron chi connectivity index (χ4n) is 2.11. The molecule has 5 nitrogen and oxygen atoms in total. The van der Waals surface area contributed by atoms with Crippen molar-refractivity contribution in [1.82, 2.24) is 4.98 Å². The number of nitrogens with one attached hydrogen (secondary N) is 1. The molecule has 0 unspecified atom stereocenters. The SMILES string of the molecule is Cc1sc(=O)[nH]c1-c1ccc2c(c1)N(C)C(=O)CO2. The summed E-state index contributed by atoms with van der Waals surface area (Å²) < 4.78 is 5.37. The van der Waals surface area contributed by atoms with Crippen LogP contribution >= 0.6 is 11.3 Å². The Labute approximate surface area is 113 Å². The molecule has 1 aliphatic rings. The summed E-state index contributed by atoms with van der Waals surface area (Å²) in [4.78, 5) is 28.2. The average Bonchev–Trinajstić information content (AvgIpc) is 2.73. The van der Waals surface area contributed by atoms with E-state index in [0.29, 0.717) is 5.75 Å². The molecular weight excluding hydrogens is 264 g/mol. The minimum atomic E-state index is -0.0832. The maximum absolute atomic E-state index is 11.6. The predicted octanol–water partition coefficient (Wildman–Crippen LogP) is 1.77. The number of H-pyrrole nitrogens is 1. The number of amides is 1. The largest absolute Gasteiger partial charge is 0.482 e. The molecule has 0 saturated heterocycles. The van der Waals surface area contributed by atoms with Gasteiger partial charge in [-0.15, -0.1) is 0 Å². The molecule has 1 aromatic heterocycles. The maximum atomic E-state index is 11.6. The maximum Gasteiger partial charge on any atom is 0.305 e. The molecule has 98 valence electrons. The van der Waals surface area contributed by atoms with Gasteiger partial charge in [-0.05, 0) is 25.1 Å². The number of aryl methyl sites for hydroxylation is 1. The van der Waals surface area contributed by atoms with Gasteiger partial charge in [-0.25, -0.2) is 0 Å². The van der Waals surface area contributed by atoms with E-state index in [4.69, 9.17) is 4.74 Å². The van der Waals surface area contributed by atoms with Gasteiger partial charge < -0.3 is 14.6 Å². The minimum Gasteiger partial charge on any atom is -0.482 e. The van der Waals surface area contributed by atoms with Crippen LogP contribution in [0.25, 0.3) is 11.3 Å². The molecule has 6 heteroatoms. The predicted molar refractivity (Wildman–Crippen MR) is 74.0 cm³/mol. The van der Waals surface area contributed by atoms with Gasteiger partial charge >= 0.3 is 4.87 Å². The summed E-state index contributed by atoms with van der Waals surface area (Å²) in [7, 11) is 1.72. The summed E-state index contributed by atoms with van der Waals surface area (Å²) in [5, 5.41) is 0. The number of hydrogen-bond acceptors (Lipinski definition) is 4. The van der Waals surface area contributed by atoms with Crippen LogP contribution in [0.5, 0.6) is 5.75 Å². The third-order valence-electron chi connectivity index (χ3n) is 3.16. The monoisotopic (exact) mass is 276 g/mol. The lowest BCUT2D eigenvalue weighted by Gasteiger charge is -2.26. The Balaban J connectivity index is 2.13. The number of hydrogen-bond donors (Lipinski definition) is 1. The smallest absolute Gasteiger partial charge is 0.305 e. The highest BCUT2D eigenvalue weighted by Gasteiger charge is 2.23. The molecule has 0 aliphatic carbocycles. The lowest BCUT2D eigenvalue weighted by molar-refractivity contribution is -0.120. The highest BCUT2D eigenvalue weighted by Crippen LogP contribution is 2.35. The highest BCUT2D eigenvalue weighted by molar-refractivity contribution is 7.09. The normalized spacial score (nSPS) is 14.2. The van der Waals surface area contributed by atoms with E-state index in [-0.39, 0.29) is 17.4 Å². The van der Waals surface area contributed by atoms with Crippen molar-refractivity contribution >= 4 is 22.9 Å². The van der Waals surface area contributed by atoms with E-state index in [1.165, 1.54) is 11.3 Å². The third kappa shape index (κ3) is 1.94. The van der Waals surface area contributed by atoms with Crippen molar-refractivity contribution < 1.29 is 9.53 Å². The van der Waals surface area contributed by atoms with Crippen LogP contribution in [0.2, 0.25) is 0 Å². The molecule has 1 aliphatic heterocycles. The number of carbonyl (C=O) groups is 1. The summed E-state index contributed by atoms with van der Waals surface area (Å²) in [6.07, 6.45) is 0. The van der Waals surface area contributed by atoms with Crippen LogP contribution in [0.4, 0.5) is 5.69 Å². The van der Waals surface area contributed by atoms with E-state index in [2.05, 4.69) is 4.98 Å². The molecule has 0 saturated carbocycles. The van der Waals surface area contributed by atoms with Crippen molar-refractivity contribution in [2.45, 2.75) is 6.92 Å². The fraction of sp³-hybridized carbons (Fsp3) is 0.231. The number of aromatic amines is 1. The first-order valence-corrected chi connectivity index (χ1v) is 6.61. The van der Waals surface area contributed by atoms with Crippen molar-refractivity contribution in [2.24, 2.45) is 0 Å². The Morgan fingerprint density at radius 3 is 2.84 bits per heavy atom. The molecule has 19 heavy (non-hydrogen) atoms. The molecule has 2 heterocycles. The van der Waals surface area contributed by atoms with Crippen LogP contribution in [0.3, 0.4) is 0 Å². The number of aromatic nitrogens is 1. The molecular formula is C13H12N2O3S. The number of benzene rings is 1. The van der Waals surface area contributed by atoms with Crippen molar-refractivity contribution in [2.75, 3.05) is 18.6 Å². The lowest BCUT2D eigenvalue weighted by Crippen LogP contribution is -2.35. The summed E-state index contributed by atoms with van der Waals surface area (Å²) in [5.41, 5.74) is 2.39. The van der Waals surface area contributed by atoms with Crippen molar-refractivity contribution in [1.29, 1.82) is 0 Å². The zero-order valence-corrected chi connectivity index (χ0v) is 11.3. The fourth-order valence-corrected chi connectivity index (χ4v) is 2.81. The van der Waals surface area contributed by atoms with Crippen LogP contribution in [0, 0.1) is 6.92 Å². The number of nitrogens with zero attached hydrogens (tertiary/aromatic N) is 1. The van der Waals surface area contributed by atoms with Gasteiger partial charge in [-0.2, -0.15) is 0 Å². The van der Waals surface area contributed by atoms with Gasteiger partial charge in [0.1, 0.15) is 5.75 Å². The summed E-state index contributed by atoms with van der Waals surface area (Å²) in [6.45, 7) is 1.96. The molecule has 1 aromatic carbocycles. The van der Waals surface area contributed by atoms with Crippen molar-refractivity contribution in [3.05, 3.63) is 32.7 Å². The summed E-state index contributed by atoms with van der Waals surface area (Å²) in [6, 6.07) is 5.56. The van der Waals surface area contributed by atoms with Gasteiger partial charge in [0, 0.05) is 17.5 Å². The van der Waals surface area contributed by atoms with Gasteiger partial charge in [0.05, 0.1) is 11.4 Å². The first-order valence-electron chi connectivity index (χ1n) is 5.80. The number of ether oxygens (including phenoxy) is 1. The molecule has 0 bridgehead atoms. The van der Waals surface area contributed by atoms with E-state index in [0.717, 1.165) is 21.8 Å². The Morgan fingerprint density at radius 2 is 2.16 bits per heavy atom. The van der Waals surface area contributed by atoms with Gasteiger partial charge in [-0.3, -0.25) is 9.59 Å². The van der Waals surface area contributed by atoms with Crippen LogP contribution in [-0.4, -0.2) is 24.5 Å². The van der Waals surface area contributed by atoms with Gasteiger partial charge in [0.25, 0.3) is 5.91 Å². The molecule has 0 spiro atoms. The third-order valence-corrected chi connectivity index (χ3v) is 3.96. The van der Waals surface area contributed by atoms with E-state index >= 15 is 0 Å². The molecule has 2 aromatic rings. The van der Waals surface area contributed by atoms with E-state index < -0.39 is 0 Å². The first kappa shape index (κ1) is 12.0. The first-order chi connectivity index (χ1) is 9.06. The molecule has 1 N–H and O–H groups in total. The number of rotatable bonds is 1.